The highest BCUT2D eigenvalue weighted by atomic mass is 32.2. The minimum Gasteiger partial charge on any atom is -0.497 e. The molecule has 1 amide bonds. The van der Waals surface area contributed by atoms with Gasteiger partial charge in [-0.25, -0.2) is 9.40 Å². The second-order valence-corrected chi connectivity index (χ2v) is 9.39. The fraction of sp³-hybridized carbons (Fsp3) is 0.185. The normalized spacial score (nSPS) is 19.5. The number of amides is 1. The Balaban J connectivity index is 1.39. The van der Waals surface area contributed by atoms with Crippen LogP contribution in [0.3, 0.4) is 0 Å². The molecule has 0 fully saturated rings. The van der Waals surface area contributed by atoms with Crippen molar-refractivity contribution in [2.75, 3.05) is 7.11 Å². The van der Waals surface area contributed by atoms with Crippen LogP contribution in [0.2, 0.25) is 0 Å². The molecule has 2 heterocycles. The van der Waals surface area contributed by atoms with Gasteiger partial charge in [0, 0.05) is 18.4 Å². The predicted octanol–water partition coefficient (Wildman–Crippen LogP) is 5.26. The number of aliphatic imine (C=N–C) groups is 1. The summed E-state index contributed by atoms with van der Waals surface area (Å²) < 4.78 is 18.5. The molecule has 3 aromatic carbocycles. The van der Waals surface area contributed by atoms with Crippen molar-refractivity contribution in [1.29, 1.82) is 0 Å². The van der Waals surface area contributed by atoms with Gasteiger partial charge in [0.1, 0.15) is 16.8 Å². The summed E-state index contributed by atoms with van der Waals surface area (Å²) in [6, 6.07) is 22.8. The number of hydrazone groups is 1. The Morgan fingerprint density at radius 1 is 1.06 bits per heavy atom. The van der Waals surface area contributed by atoms with Gasteiger partial charge in [0.15, 0.2) is 11.0 Å². The van der Waals surface area contributed by atoms with Gasteiger partial charge < -0.3 is 4.74 Å². The molecule has 0 saturated carbocycles. The van der Waals surface area contributed by atoms with E-state index in [4.69, 9.17) is 9.84 Å². The summed E-state index contributed by atoms with van der Waals surface area (Å²) >= 11 is 1.25. The van der Waals surface area contributed by atoms with Crippen LogP contribution in [-0.4, -0.2) is 39.9 Å². The lowest BCUT2D eigenvalue weighted by Crippen LogP contribution is -2.24. The number of hydrogen-bond acceptors (Lipinski definition) is 6. The van der Waals surface area contributed by atoms with E-state index in [1.165, 1.54) is 36.0 Å². The summed E-state index contributed by atoms with van der Waals surface area (Å²) in [5, 5.41) is 6.46. The first-order chi connectivity index (χ1) is 17.0. The van der Waals surface area contributed by atoms with Gasteiger partial charge in [0.05, 0.1) is 18.9 Å². The van der Waals surface area contributed by atoms with E-state index in [0.29, 0.717) is 17.2 Å². The molecule has 8 heteroatoms. The number of halogens is 1. The Kier molecular flexibility index (Phi) is 6.46. The summed E-state index contributed by atoms with van der Waals surface area (Å²) in [7, 11) is 1.62. The number of rotatable bonds is 6. The lowest BCUT2D eigenvalue weighted by atomic mass is 9.98. The molecule has 6 nitrogen and oxygen atoms in total. The number of carbonyl (C=O) groups is 2. The number of hydrogen-bond donors (Lipinski definition) is 0. The minimum absolute atomic E-state index is 0.0154. The zero-order chi connectivity index (χ0) is 24.4. The lowest BCUT2D eigenvalue weighted by molar-refractivity contribution is -0.117. The zero-order valence-corrected chi connectivity index (χ0v) is 19.7. The van der Waals surface area contributed by atoms with Gasteiger partial charge in [-0.2, -0.15) is 10.1 Å². The standard InChI is InChI=1S/C27H22FN3O3S/c1-34-21-13-9-18(10-14-21)23-15-22(17-5-3-2-4-6-17)30-31(23)27-29-26(33)25(35-27)16-24(32)19-7-11-20(28)12-8-19/h2-14,23,25H,15-16H2,1H3. The largest absolute Gasteiger partial charge is 0.497 e. The third-order valence-corrected chi connectivity index (χ3v) is 7.12. The number of carbonyl (C=O) groups excluding carboxylic acids is 2. The van der Waals surface area contributed by atoms with Gasteiger partial charge in [-0.1, -0.05) is 54.2 Å². The summed E-state index contributed by atoms with van der Waals surface area (Å²) in [4.78, 5) is 29.7. The van der Waals surface area contributed by atoms with Crippen LogP contribution in [0.4, 0.5) is 4.39 Å². The van der Waals surface area contributed by atoms with Crippen LogP contribution in [0, 0.1) is 5.82 Å². The third-order valence-electron chi connectivity index (χ3n) is 5.98. The van der Waals surface area contributed by atoms with Gasteiger partial charge >= 0.3 is 0 Å². The van der Waals surface area contributed by atoms with Crippen molar-refractivity contribution in [2.24, 2.45) is 10.1 Å². The molecule has 5 rings (SSSR count). The molecule has 0 saturated heterocycles. The molecule has 3 aromatic rings. The molecule has 2 atom stereocenters. The number of benzene rings is 3. The minimum atomic E-state index is -0.643. The van der Waals surface area contributed by atoms with Crippen LogP contribution >= 0.6 is 11.8 Å². The van der Waals surface area contributed by atoms with Crippen molar-refractivity contribution in [3.8, 4) is 5.75 Å². The average molecular weight is 488 g/mol. The van der Waals surface area contributed by atoms with Crippen LogP contribution in [0.5, 0.6) is 5.75 Å². The summed E-state index contributed by atoms with van der Waals surface area (Å²) in [6.07, 6.45) is 0.627. The van der Waals surface area contributed by atoms with E-state index in [2.05, 4.69) is 4.99 Å². The Morgan fingerprint density at radius 3 is 2.46 bits per heavy atom. The van der Waals surface area contributed by atoms with Crippen molar-refractivity contribution < 1.29 is 18.7 Å². The molecule has 2 aliphatic rings. The highest BCUT2D eigenvalue weighted by Crippen LogP contribution is 2.39. The number of ether oxygens (including phenoxy) is 1. The highest BCUT2D eigenvalue weighted by Gasteiger charge is 2.39. The number of Topliss-reactive ketones (excluding diaryl/α,β-unsaturated/α-hetero) is 1. The Morgan fingerprint density at radius 2 is 1.77 bits per heavy atom. The maximum Gasteiger partial charge on any atom is 0.262 e. The molecule has 0 radical (unpaired) electrons. The Labute approximate surface area is 206 Å². The van der Waals surface area contributed by atoms with Crippen molar-refractivity contribution >= 4 is 34.3 Å². The third kappa shape index (κ3) is 4.88. The lowest BCUT2D eigenvalue weighted by Gasteiger charge is -2.23. The molecule has 0 N–H and O–H groups in total. The Hall–Kier alpha value is -3.78. The molecule has 2 aliphatic heterocycles. The van der Waals surface area contributed by atoms with Crippen molar-refractivity contribution in [1.82, 2.24) is 5.01 Å². The van der Waals surface area contributed by atoms with E-state index in [9.17, 15) is 14.0 Å². The predicted molar refractivity (Wildman–Crippen MR) is 134 cm³/mol. The first-order valence-electron chi connectivity index (χ1n) is 11.2. The molecule has 2 unspecified atom stereocenters. The topological polar surface area (TPSA) is 71.3 Å². The van der Waals surface area contributed by atoms with Crippen molar-refractivity contribution in [3.05, 3.63) is 101 Å². The number of amidine groups is 1. The van der Waals surface area contributed by atoms with E-state index >= 15 is 0 Å². The van der Waals surface area contributed by atoms with Crippen LogP contribution in [0.15, 0.2) is 89.0 Å². The van der Waals surface area contributed by atoms with E-state index in [1.807, 2.05) is 54.6 Å². The van der Waals surface area contributed by atoms with E-state index in [0.717, 1.165) is 22.6 Å². The van der Waals surface area contributed by atoms with Gasteiger partial charge in [-0.05, 0) is 47.5 Å². The maximum atomic E-state index is 13.2. The number of nitrogens with zero attached hydrogens (tertiary/aromatic N) is 3. The molecule has 35 heavy (non-hydrogen) atoms. The highest BCUT2D eigenvalue weighted by molar-refractivity contribution is 8.15. The molecule has 0 spiro atoms. The van der Waals surface area contributed by atoms with E-state index in [1.54, 1.807) is 12.1 Å². The fourth-order valence-corrected chi connectivity index (χ4v) is 5.17. The molecular formula is C27H22FN3O3S. The second kappa shape index (κ2) is 9.84. The van der Waals surface area contributed by atoms with Gasteiger partial charge in [0.2, 0.25) is 0 Å². The maximum absolute atomic E-state index is 13.2. The van der Waals surface area contributed by atoms with Gasteiger partial charge in [-0.15, -0.1) is 0 Å². The molecule has 0 aromatic heterocycles. The quantitative estimate of drug-likeness (QED) is 0.444. The number of methoxy groups -OCH3 is 1. The average Bonchev–Trinajstić information content (AvgIpc) is 3.49. The monoisotopic (exact) mass is 487 g/mol. The number of thioether (sulfide) groups is 1. The first-order valence-corrected chi connectivity index (χ1v) is 12.0. The van der Waals surface area contributed by atoms with E-state index < -0.39 is 11.1 Å². The fourth-order valence-electron chi connectivity index (χ4n) is 4.10. The van der Waals surface area contributed by atoms with Gasteiger partial charge in [-0.3, -0.25) is 9.59 Å². The van der Waals surface area contributed by atoms with Crippen LogP contribution in [0.25, 0.3) is 0 Å². The van der Waals surface area contributed by atoms with Crippen LogP contribution in [0.1, 0.15) is 40.4 Å². The summed E-state index contributed by atoms with van der Waals surface area (Å²) in [6.45, 7) is 0. The summed E-state index contributed by atoms with van der Waals surface area (Å²) in [5.74, 6) is -0.250. The first kappa shape index (κ1) is 23.0. The molecular weight excluding hydrogens is 465 g/mol. The van der Waals surface area contributed by atoms with Crippen molar-refractivity contribution in [2.45, 2.75) is 24.1 Å². The smallest absolute Gasteiger partial charge is 0.262 e. The zero-order valence-electron chi connectivity index (χ0n) is 18.9. The van der Waals surface area contributed by atoms with E-state index in [-0.39, 0.29) is 24.2 Å². The van der Waals surface area contributed by atoms with Crippen molar-refractivity contribution in [3.63, 3.8) is 0 Å². The number of ketones is 1. The van der Waals surface area contributed by atoms with Crippen LogP contribution in [-0.2, 0) is 4.79 Å². The van der Waals surface area contributed by atoms with Crippen LogP contribution < -0.4 is 4.74 Å². The SMILES string of the molecule is COc1ccc(C2CC(c3ccccc3)=NN2C2=NC(=O)C(CC(=O)c3ccc(F)cc3)S2)cc1. The molecule has 0 bridgehead atoms. The molecule has 0 aliphatic carbocycles. The molecule has 176 valence electrons. The Bertz CT molecular complexity index is 1310. The van der Waals surface area contributed by atoms with Gasteiger partial charge in [0.25, 0.3) is 5.91 Å². The second-order valence-electron chi connectivity index (χ2n) is 8.22. The summed E-state index contributed by atoms with van der Waals surface area (Å²) in [5.41, 5.74) is 3.29.